The van der Waals surface area contributed by atoms with Crippen LogP contribution in [0, 0.1) is 0 Å². The first-order valence-corrected chi connectivity index (χ1v) is 8.09. The first-order chi connectivity index (χ1) is 11.2. The molecule has 0 fully saturated rings. The summed E-state index contributed by atoms with van der Waals surface area (Å²) in [6.07, 6.45) is 3.51. The SMILES string of the molecule is COc1ccc(C=NNc2cnc(-c3ccc(Cl)cc3)s2)cc1. The van der Waals surface area contributed by atoms with Crippen molar-refractivity contribution in [3.63, 3.8) is 0 Å². The van der Waals surface area contributed by atoms with Crippen LogP contribution in [0.25, 0.3) is 10.6 Å². The van der Waals surface area contributed by atoms with Crippen LogP contribution in [-0.4, -0.2) is 18.3 Å². The lowest BCUT2D eigenvalue weighted by Crippen LogP contribution is -1.88. The number of hydrogen-bond acceptors (Lipinski definition) is 5. The van der Waals surface area contributed by atoms with E-state index in [9.17, 15) is 0 Å². The predicted molar refractivity (Wildman–Crippen MR) is 96.8 cm³/mol. The van der Waals surface area contributed by atoms with Gasteiger partial charge < -0.3 is 4.74 Å². The van der Waals surface area contributed by atoms with Gasteiger partial charge in [0.2, 0.25) is 0 Å². The van der Waals surface area contributed by atoms with E-state index in [2.05, 4.69) is 15.5 Å². The number of halogens is 1. The predicted octanol–water partition coefficient (Wildman–Crippen LogP) is 4.92. The molecule has 0 spiro atoms. The summed E-state index contributed by atoms with van der Waals surface area (Å²) < 4.78 is 5.12. The van der Waals surface area contributed by atoms with E-state index in [4.69, 9.17) is 16.3 Å². The van der Waals surface area contributed by atoms with Gasteiger partial charge in [0.05, 0.1) is 19.5 Å². The molecule has 1 aromatic heterocycles. The quantitative estimate of drug-likeness (QED) is 0.528. The Hall–Kier alpha value is -2.37. The smallest absolute Gasteiger partial charge is 0.129 e. The molecule has 1 heterocycles. The van der Waals surface area contributed by atoms with Gasteiger partial charge >= 0.3 is 0 Å². The summed E-state index contributed by atoms with van der Waals surface area (Å²) in [5, 5.41) is 6.73. The van der Waals surface area contributed by atoms with E-state index in [1.807, 2.05) is 48.5 Å². The topological polar surface area (TPSA) is 46.5 Å². The maximum atomic E-state index is 5.89. The van der Waals surface area contributed by atoms with E-state index in [0.717, 1.165) is 26.9 Å². The van der Waals surface area contributed by atoms with Crippen molar-refractivity contribution in [2.45, 2.75) is 0 Å². The fourth-order valence-electron chi connectivity index (χ4n) is 1.91. The molecule has 0 saturated heterocycles. The van der Waals surface area contributed by atoms with Crippen molar-refractivity contribution in [1.82, 2.24) is 4.98 Å². The van der Waals surface area contributed by atoms with Gasteiger partial charge in [0.15, 0.2) is 0 Å². The van der Waals surface area contributed by atoms with Gasteiger partial charge in [-0.05, 0) is 42.0 Å². The van der Waals surface area contributed by atoms with E-state index in [1.165, 1.54) is 11.3 Å². The van der Waals surface area contributed by atoms with Gasteiger partial charge in [-0.25, -0.2) is 4.98 Å². The van der Waals surface area contributed by atoms with E-state index in [1.54, 1.807) is 19.5 Å². The zero-order chi connectivity index (χ0) is 16.1. The highest BCUT2D eigenvalue weighted by molar-refractivity contribution is 7.18. The molecule has 0 aliphatic rings. The van der Waals surface area contributed by atoms with Crippen molar-refractivity contribution < 1.29 is 4.74 Å². The highest BCUT2D eigenvalue weighted by Crippen LogP contribution is 2.29. The number of methoxy groups -OCH3 is 1. The molecular formula is C17H14ClN3OS. The molecule has 6 heteroatoms. The van der Waals surface area contributed by atoms with Gasteiger partial charge in [-0.2, -0.15) is 5.10 Å². The van der Waals surface area contributed by atoms with Crippen LogP contribution >= 0.6 is 22.9 Å². The summed E-state index contributed by atoms with van der Waals surface area (Å²) in [5.41, 5.74) is 5.01. The van der Waals surface area contributed by atoms with Crippen molar-refractivity contribution in [2.24, 2.45) is 5.10 Å². The van der Waals surface area contributed by atoms with Gasteiger partial charge in [-0.3, -0.25) is 5.43 Å². The molecule has 1 N–H and O–H groups in total. The Morgan fingerprint density at radius 3 is 2.57 bits per heavy atom. The Kier molecular flexibility index (Phi) is 4.90. The zero-order valence-electron chi connectivity index (χ0n) is 12.4. The van der Waals surface area contributed by atoms with Gasteiger partial charge in [0, 0.05) is 10.6 Å². The lowest BCUT2D eigenvalue weighted by Gasteiger charge is -1.99. The number of rotatable bonds is 5. The summed E-state index contributed by atoms with van der Waals surface area (Å²) in [5.74, 6) is 0.824. The van der Waals surface area contributed by atoms with E-state index in [-0.39, 0.29) is 0 Å². The summed E-state index contributed by atoms with van der Waals surface area (Å²) in [7, 11) is 1.65. The Morgan fingerprint density at radius 1 is 1.13 bits per heavy atom. The number of anilines is 1. The highest BCUT2D eigenvalue weighted by atomic mass is 35.5. The number of thiazole rings is 1. The lowest BCUT2D eigenvalue weighted by atomic mass is 10.2. The first kappa shape index (κ1) is 15.5. The minimum atomic E-state index is 0.716. The van der Waals surface area contributed by atoms with Crippen LogP contribution < -0.4 is 10.2 Å². The van der Waals surface area contributed by atoms with Crippen molar-refractivity contribution in [3.8, 4) is 16.3 Å². The molecule has 3 rings (SSSR count). The van der Waals surface area contributed by atoms with E-state index < -0.39 is 0 Å². The van der Waals surface area contributed by atoms with Crippen LogP contribution in [0.4, 0.5) is 5.00 Å². The Bertz CT molecular complexity index is 797. The molecule has 0 atom stereocenters. The van der Waals surface area contributed by atoms with Crippen LogP contribution in [0.2, 0.25) is 5.02 Å². The van der Waals surface area contributed by atoms with Crippen molar-refractivity contribution in [3.05, 3.63) is 65.3 Å². The van der Waals surface area contributed by atoms with Gasteiger partial charge in [-0.15, -0.1) is 0 Å². The Balaban J connectivity index is 1.64. The molecule has 0 radical (unpaired) electrons. The average molecular weight is 344 g/mol. The largest absolute Gasteiger partial charge is 0.497 e. The molecule has 116 valence electrons. The fraction of sp³-hybridized carbons (Fsp3) is 0.0588. The number of benzene rings is 2. The third-order valence-electron chi connectivity index (χ3n) is 3.10. The van der Waals surface area contributed by atoms with E-state index >= 15 is 0 Å². The van der Waals surface area contributed by atoms with Crippen LogP contribution in [0.1, 0.15) is 5.56 Å². The fourth-order valence-corrected chi connectivity index (χ4v) is 2.81. The van der Waals surface area contributed by atoms with Gasteiger partial charge in [-0.1, -0.05) is 35.1 Å². The van der Waals surface area contributed by atoms with Crippen molar-refractivity contribution >= 4 is 34.2 Å². The Labute approximate surface area is 143 Å². The molecule has 0 aliphatic heterocycles. The molecule has 4 nitrogen and oxygen atoms in total. The van der Waals surface area contributed by atoms with Gasteiger partial charge in [0.25, 0.3) is 0 Å². The molecule has 0 unspecified atom stereocenters. The van der Waals surface area contributed by atoms with Crippen LogP contribution in [-0.2, 0) is 0 Å². The Morgan fingerprint density at radius 2 is 1.87 bits per heavy atom. The third kappa shape index (κ3) is 4.09. The molecule has 0 aliphatic carbocycles. The average Bonchev–Trinajstić information content (AvgIpc) is 3.05. The number of hydrogen-bond donors (Lipinski definition) is 1. The molecule has 2 aromatic carbocycles. The molecule has 0 saturated carbocycles. The second-order valence-electron chi connectivity index (χ2n) is 4.68. The molecule has 0 bridgehead atoms. The summed E-state index contributed by atoms with van der Waals surface area (Å²) in [4.78, 5) is 4.39. The molecule has 0 amide bonds. The van der Waals surface area contributed by atoms with Crippen LogP contribution in [0.5, 0.6) is 5.75 Å². The minimum Gasteiger partial charge on any atom is -0.497 e. The summed E-state index contributed by atoms with van der Waals surface area (Å²) in [6.45, 7) is 0. The minimum absolute atomic E-state index is 0.716. The monoisotopic (exact) mass is 343 g/mol. The van der Waals surface area contributed by atoms with Crippen molar-refractivity contribution in [1.29, 1.82) is 0 Å². The van der Waals surface area contributed by atoms with Gasteiger partial charge in [0.1, 0.15) is 15.8 Å². The normalized spacial score (nSPS) is 10.9. The molecule has 3 aromatic rings. The maximum Gasteiger partial charge on any atom is 0.129 e. The van der Waals surface area contributed by atoms with Crippen LogP contribution in [0.15, 0.2) is 59.8 Å². The van der Waals surface area contributed by atoms with Crippen LogP contribution in [0.3, 0.4) is 0 Å². The summed E-state index contributed by atoms with van der Waals surface area (Å²) in [6, 6.07) is 15.3. The number of hydrazone groups is 1. The second kappa shape index (κ2) is 7.26. The molecule has 23 heavy (non-hydrogen) atoms. The highest BCUT2D eigenvalue weighted by Gasteiger charge is 2.03. The van der Waals surface area contributed by atoms with Crippen molar-refractivity contribution in [2.75, 3.05) is 12.5 Å². The maximum absolute atomic E-state index is 5.89. The standard InChI is InChI=1S/C17H14ClN3OS/c1-22-15-8-2-12(3-9-15)10-20-21-16-11-19-17(23-16)13-4-6-14(18)7-5-13/h2-11,21H,1H3. The lowest BCUT2D eigenvalue weighted by molar-refractivity contribution is 0.415. The number of nitrogens with one attached hydrogen (secondary N) is 1. The zero-order valence-corrected chi connectivity index (χ0v) is 13.9. The number of ether oxygens (including phenoxy) is 1. The number of aromatic nitrogens is 1. The summed E-state index contributed by atoms with van der Waals surface area (Å²) >= 11 is 7.43. The third-order valence-corrected chi connectivity index (χ3v) is 4.30. The van der Waals surface area contributed by atoms with E-state index in [0.29, 0.717) is 5.02 Å². The first-order valence-electron chi connectivity index (χ1n) is 6.89. The number of nitrogens with zero attached hydrogens (tertiary/aromatic N) is 2. The second-order valence-corrected chi connectivity index (χ2v) is 6.15. The molecular weight excluding hydrogens is 330 g/mol.